The molecule has 2 amide bonds. The molecule has 0 aliphatic carbocycles. The number of likely N-dealkylation sites (N-methyl/N-ethyl adjacent to an activating group) is 1. The van der Waals surface area contributed by atoms with Crippen molar-refractivity contribution in [2.75, 3.05) is 45.1 Å². The minimum absolute atomic E-state index is 0.0409. The van der Waals surface area contributed by atoms with Crippen LogP contribution >= 0.6 is 0 Å². The van der Waals surface area contributed by atoms with E-state index in [2.05, 4.69) is 34.7 Å². The second-order valence-electron chi connectivity index (χ2n) is 5.81. The summed E-state index contributed by atoms with van der Waals surface area (Å²) in [7, 11) is 1.82. The first-order valence-corrected chi connectivity index (χ1v) is 8.57. The van der Waals surface area contributed by atoms with Crippen molar-refractivity contribution in [3.05, 3.63) is 29.8 Å². The number of carbonyl (C=O) groups excluding carboxylic acids is 2. The van der Waals surface area contributed by atoms with E-state index in [0.29, 0.717) is 24.3 Å². The molecule has 1 atom stereocenters. The maximum absolute atomic E-state index is 12.1. The van der Waals surface area contributed by atoms with E-state index in [1.165, 1.54) is 0 Å². The smallest absolute Gasteiger partial charge is 0.251 e. The molecule has 0 aromatic heterocycles. The molecular formula is C18H30N4O2. The zero-order chi connectivity index (χ0) is 17.9. The first-order valence-electron chi connectivity index (χ1n) is 8.57. The van der Waals surface area contributed by atoms with Crippen molar-refractivity contribution in [1.29, 1.82) is 0 Å². The predicted octanol–water partition coefficient (Wildman–Crippen LogP) is 1.55. The number of benzene rings is 1. The minimum Gasteiger partial charge on any atom is -0.351 e. The van der Waals surface area contributed by atoms with Gasteiger partial charge >= 0.3 is 0 Å². The summed E-state index contributed by atoms with van der Waals surface area (Å²) in [6, 6.07) is 6.96. The van der Waals surface area contributed by atoms with E-state index in [4.69, 9.17) is 0 Å². The monoisotopic (exact) mass is 334 g/mol. The van der Waals surface area contributed by atoms with Crippen molar-refractivity contribution in [2.24, 2.45) is 5.92 Å². The van der Waals surface area contributed by atoms with Gasteiger partial charge in [-0.05, 0) is 44.4 Å². The molecule has 0 heterocycles. The minimum atomic E-state index is -0.113. The lowest BCUT2D eigenvalue weighted by molar-refractivity contribution is -0.119. The number of nitrogens with one attached hydrogen (secondary N) is 3. The summed E-state index contributed by atoms with van der Waals surface area (Å²) in [4.78, 5) is 26.3. The topological polar surface area (TPSA) is 73.5 Å². The number of anilines is 1. The molecule has 0 saturated heterocycles. The van der Waals surface area contributed by atoms with Crippen LogP contribution in [-0.4, -0.2) is 56.5 Å². The molecule has 1 aromatic rings. The zero-order valence-electron chi connectivity index (χ0n) is 15.2. The molecule has 0 spiro atoms. The summed E-state index contributed by atoms with van der Waals surface area (Å²) < 4.78 is 0. The summed E-state index contributed by atoms with van der Waals surface area (Å²) in [5, 5.41) is 8.74. The Morgan fingerprint density at radius 3 is 2.29 bits per heavy atom. The number of hydrogen-bond donors (Lipinski definition) is 3. The van der Waals surface area contributed by atoms with Crippen LogP contribution in [0.15, 0.2) is 24.3 Å². The fourth-order valence-corrected chi connectivity index (χ4v) is 2.34. The van der Waals surface area contributed by atoms with Crippen molar-refractivity contribution >= 4 is 17.5 Å². The molecular weight excluding hydrogens is 304 g/mol. The molecule has 6 heteroatoms. The van der Waals surface area contributed by atoms with E-state index in [9.17, 15) is 9.59 Å². The maximum atomic E-state index is 12.1. The summed E-state index contributed by atoms with van der Waals surface area (Å²) in [5.41, 5.74) is 1.29. The van der Waals surface area contributed by atoms with E-state index < -0.39 is 0 Å². The van der Waals surface area contributed by atoms with E-state index in [1.807, 2.05) is 14.0 Å². The summed E-state index contributed by atoms with van der Waals surface area (Å²) >= 11 is 0. The fraction of sp³-hybridized carbons (Fsp3) is 0.556. The number of hydrogen-bond acceptors (Lipinski definition) is 4. The number of amides is 2. The summed E-state index contributed by atoms with van der Waals surface area (Å²) in [6.45, 7) is 10.1. The Hall–Kier alpha value is -1.92. The second kappa shape index (κ2) is 10.8. The highest BCUT2D eigenvalue weighted by atomic mass is 16.2. The summed E-state index contributed by atoms with van der Waals surface area (Å²) in [5.74, 6) is -0.248. The van der Waals surface area contributed by atoms with Crippen LogP contribution in [-0.2, 0) is 4.79 Å². The van der Waals surface area contributed by atoms with Gasteiger partial charge in [-0.2, -0.15) is 0 Å². The SMILES string of the molecule is CCN(CC)CCNC(=O)c1ccc(NC(=O)C(C)CNC)cc1. The number of carbonyl (C=O) groups is 2. The molecule has 1 aromatic carbocycles. The third kappa shape index (κ3) is 6.68. The highest BCUT2D eigenvalue weighted by molar-refractivity contribution is 5.96. The van der Waals surface area contributed by atoms with E-state index in [-0.39, 0.29) is 17.7 Å². The first kappa shape index (κ1) is 20.1. The van der Waals surface area contributed by atoms with Gasteiger partial charge in [0, 0.05) is 36.8 Å². The highest BCUT2D eigenvalue weighted by Gasteiger charge is 2.12. The van der Waals surface area contributed by atoms with Gasteiger partial charge in [-0.3, -0.25) is 9.59 Å². The maximum Gasteiger partial charge on any atom is 0.251 e. The quantitative estimate of drug-likeness (QED) is 0.607. The fourth-order valence-electron chi connectivity index (χ4n) is 2.34. The van der Waals surface area contributed by atoms with Gasteiger partial charge in [0.25, 0.3) is 5.91 Å². The van der Waals surface area contributed by atoms with Gasteiger partial charge in [0.1, 0.15) is 0 Å². The van der Waals surface area contributed by atoms with Crippen molar-refractivity contribution in [2.45, 2.75) is 20.8 Å². The average Bonchev–Trinajstić information content (AvgIpc) is 2.59. The molecule has 134 valence electrons. The van der Waals surface area contributed by atoms with Crippen LogP contribution in [0.25, 0.3) is 0 Å². The molecule has 24 heavy (non-hydrogen) atoms. The van der Waals surface area contributed by atoms with Crippen LogP contribution in [0.4, 0.5) is 5.69 Å². The molecule has 0 fully saturated rings. The average molecular weight is 334 g/mol. The van der Waals surface area contributed by atoms with Crippen LogP contribution in [0, 0.1) is 5.92 Å². The van der Waals surface area contributed by atoms with Crippen LogP contribution in [0.3, 0.4) is 0 Å². The molecule has 1 rings (SSSR count). The molecule has 3 N–H and O–H groups in total. The van der Waals surface area contributed by atoms with E-state index in [1.54, 1.807) is 24.3 Å². The Labute approximate surface area is 145 Å². The Bertz CT molecular complexity index is 512. The van der Waals surface area contributed by atoms with Crippen molar-refractivity contribution in [3.8, 4) is 0 Å². The standard InChI is InChI=1S/C18H30N4O2/c1-5-22(6-2)12-11-20-18(24)15-7-9-16(10-8-15)21-17(23)14(3)13-19-4/h7-10,14,19H,5-6,11-13H2,1-4H3,(H,20,24)(H,21,23). The number of nitrogens with zero attached hydrogens (tertiary/aromatic N) is 1. The molecule has 0 radical (unpaired) electrons. The largest absolute Gasteiger partial charge is 0.351 e. The second-order valence-corrected chi connectivity index (χ2v) is 5.81. The lowest BCUT2D eigenvalue weighted by Gasteiger charge is -2.18. The molecule has 0 saturated carbocycles. The van der Waals surface area contributed by atoms with Gasteiger partial charge in [0.2, 0.25) is 5.91 Å². The Morgan fingerprint density at radius 1 is 1.12 bits per heavy atom. The van der Waals surface area contributed by atoms with Gasteiger partial charge in [-0.25, -0.2) is 0 Å². The third-order valence-corrected chi connectivity index (χ3v) is 3.98. The molecule has 0 bridgehead atoms. The number of rotatable bonds is 10. The zero-order valence-corrected chi connectivity index (χ0v) is 15.2. The normalized spacial score (nSPS) is 12.0. The Kier molecular flexibility index (Phi) is 9.04. The summed E-state index contributed by atoms with van der Waals surface area (Å²) in [6.07, 6.45) is 0. The van der Waals surface area contributed by atoms with Gasteiger partial charge in [0.15, 0.2) is 0 Å². The molecule has 0 aliphatic heterocycles. The predicted molar refractivity (Wildman–Crippen MR) is 98.3 cm³/mol. The van der Waals surface area contributed by atoms with Crippen molar-refractivity contribution < 1.29 is 9.59 Å². The van der Waals surface area contributed by atoms with Crippen molar-refractivity contribution in [3.63, 3.8) is 0 Å². The van der Waals surface area contributed by atoms with Gasteiger partial charge in [0.05, 0.1) is 0 Å². The van der Waals surface area contributed by atoms with E-state index in [0.717, 1.165) is 19.6 Å². The van der Waals surface area contributed by atoms with E-state index >= 15 is 0 Å². The third-order valence-electron chi connectivity index (χ3n) is 3.98. The first-order chi connectivity index (χ1) is 11.5. The van der Waals surface area contributed by atoms with Crippen LogP contribution in [0.5, 0.6) is 0 Å². The van der Waals surface area contributed by atoms with Gasteiger partial charge < -0.3 is 20.9 Å². The van der Waals surface area contributed by atoms with Gasteiger partial charge in [-0.15, -0.1) is 0 Å². The molecule has 6 nitrogen and oxygen atoms in total. The molecule has 1 unspecified atom stereocenters. The van der Waals surface area contributed by atoms with Gasteiger partial charge in [-0.1, -0.05) is 20.8 Å². The Morgan fingerprint density at radius 2 is 1.75 bits per heavy atom. The Balaban J connectivity index is 2.48. The molecule has 0 aliphatic rings. The highest BCUT2D eigenvalue weighted by Crippen LogP contribution is 2.11. The van der Waals surface area contributed by atoms with Crippen LogP contribution < -0.4 is 16.0 Å². The van der Waals surface area contributed by atoms with Crippen LogP contribution in [0.2, 0.25) is 0 Å². The van der Waals surface area contributed by atoms with Crippen LogP contribution in [0.1, 0.15) is 31.1 Å². The van der Waals surface area contributed by atoms with Crippen molar-refractivity contribution in [1.82, 2.24) is 15.5 Å². The lowest BCUT2D eigenvalue weighted by Crippen LogP contribution is -2.34. The lowest BCUT2D eigenvalue weighted by atomic mass is 10.1.